The predicted octanol–water partition coefficient (Wildman–Crippen LogP) is 1.46. The van der Waals surface area contributed by atoms with Gasteiger partial charge in [-0.2, -0.15) is 0 Å². The fourth-order valence-electron chi connectivity index (χ4n) is 2.41. The van der Waals surface area contributed by atoms with E-state index in [1.54, 1.807) is 13.8 Å². The first-order valence-corrected chi connectivity index (χ1v) is 8.93. The van der Waals surface area contributed by atoms with Crippen molar-refractivity contribution >= 4 is 9.84 Å². The molecule has 2 rings (SSSR count). The lowest BCUT2D eigenvalue weighted by atomic mass is 10.0. The minimum absolute atomic E-state index is 0.256. The van der Waals surface area contributed by atoms with Crippen molar-refractivity contribution in [1.82, 2.24) is 10.2 Å². The standard InChI is InChI=1S/C15H24N2O2S/c1-13(2)20(18,19)11-10-17-9-8-16-15(12-17)14-6-4-3-5-7-14/h3-7,13,15-16H,8-12H2,1-2H3. The number of sulfone groups is 1. The molecule has 0 bridgehead atoms. The summed E-state index contributed by atoms with van der Waals surface area (Å²) in [7, 11) is -2.94. The van der Waals surface area contributed by atoms with Crippen LogP contribution in [0.1, 0.15) is 25.5 Å². The van der Waals surface area contributed by atoms with Crippen LogP contribution < -0.4 is 5.32 Å². The van der Waals surface area contributed by atoms with E-state index in [0.717, 1.165) is 19.6 Å². The first-order chi connectivity index (χ1) is 9.49. The summed E-state index contributed by atoms with van der Waals surface area (Å²) in [6.07, 6.45) is 0. The molecule has 5 heteroatoms. The molecule has 1 fully saturated rings. The van der Waals surface area contributed by atoms with Gasteiger partial charge in [-0.25, -0.2) is 8.42 Å². The lowest BCUT2D eigenvalue weighted by Crippen LogP contribution is -2.47. The molecule has 0 radical (unpaired) electrons. The summed E-state index contributed by atoms with van der Waals surface area (Å²) in [6, 6.07) is 10.6. The maximum Gasteiger partial charge on any atom is 0.153 e. The van der Waals surface area contributed by atoms with Crippen LogP contribution in [0.15, 0.2) is 30.3 Å². The fraction of sp³-hybridized carbons (Fsp3) is 0.600. The molecule has 0 saturated carbocycles. The van der Waals surface area contributed by atoms with Gasteiger partial charge in [-0.3, -0.25) is 4.90 Å². The van der Waals surface area contributed by atoms with Crippen molar-refractivity contribution in [2.75, 3.05) is 31.9 Å². The molecule has 0 amide bonds. The molecule has 1 aliphatic heterocycles. The number of nitrogens with one attached hydrogen (secondary N) is 1. The van der Waals surface area contributed by atoms with Crippen LogP contribution in [0.4, 0.5) is 0 Å². The van der Waals surface area contributed by atoms with Gasteiger partial charge in [0.15, 0.2) is 9.84 Å². The van der Waals surface area contributed by atoms with Crippen LogP contribution >= 0.6 is 0 Å². The molecule has 4 nitrogen and oxygen atoms in total. The summed E-state index contributed by atoms with van der Waals surface area (Å²) >= 11 is 0. The Morgan fingerprint density at radius 2 is 2.00 bits per heavy atom. The first kappa shape index (κ1) is 15.5. The van der Waals surface area contributed by atoms with Crippen molar-refractivity contribution in [2.24, 2.45) is 0 Å². The molecule has 1 unspecified atom stereocenters. The molecule has 1 heterocycles. The Labute approximate surface area is 122 Å². The van der Waals surface area contributed by atoms with Crippen molar-refractivity contribution in [1.29, 1.82) is 0 Å². The van der Waals surface area contributed by atoms with Crippen LogP contribution in [0.25, 0.3) is 0 Å². The van der Waals surface area contributed by atoms with Gasteiger partial charge in [-0.15, -0.1) is 0 Å². The second kappa shape index (κ2) is 6.70. The molecule has 1 aromatic carbocycles. The lowest BCUT2D eigenvalue weighted by Gasteiger charge is -2.34. The average molecular weight is 296 g/mol. The summed E-state index contributed by atoms with van der Waals surface area (Å²) < 4.78 is 23.8. The van der Waals surface area contributed by atoms with Crippen LogP contribution in [0.2, 0.25) is 0 Å². The Bertz CT molecular complexity index is 514. The molecule has 1 atom stereocenters. The van der Waals surface area contributed by atoms with E-state index in [9.17, 15) is 8.42 Å². The van der Waals surface area contributed by atoms with Gasteiger partial charge in [0.05, 0.1) is 11.0 Å². The van der Waals surface area contributed by atoms with Crippen molar-refractivity contribution in [3.05, 3.63) is 35.9 Å². The molecule has 0 spiro atoms. The second-order valence-corrected chi connectivity index (χ2v) is 8.31. The van der Waals surface area contributed by atoms with Crippen LogP contribution in [-0.2, 0) is 9.84 Å². The van der Waals surface area contributed by atoms with E-state index in [1.165, 1.54) is 5.56 Å². The number of hydrogen-bond donors (Lipinski definition) is 1. The highest BCUT2D eigenvalue weighted by molar-refractivity contribution is 7.92. The van der Waals surface area contributed by atoms with Crippen LogP contribution in [0.5, 0.6) is 0 Å². The quantitative estimate of drug-likeness (QED) is 0.893. The SMILES string of the molecule is CC(C)S(=O)(=O)CCN1CCNC(c2ccccc2)C1. The Morgan fingerprint density at radius 3 is 2.65 bits per heavy atom. The molecular formula is C15H24N2O2S. The minimum atomic E-state index is -2.94. The van der Waals surface area contributed by atoms with Gasteiger partial charge in [0, 0.05) is 32.2 Å². The maximum atomic E-state index is 11.9. The minimum Gasteiger partial charge on any atom is -0.308 e. The maximum absolute atomic E-state index is 11.9. The molecule has 112 valence electrons. The topological polar surface area (TPSA) is 49.4 Å². The monoisotopic (exact) mass is 296 g/mol. The Morgan fingerprint density at radius 1 is 1.30 bits per heavy atom. The van der Waals surface area contributed by atoms with Gasteiger partial charge >= 0.3 is 0 Å². The number of nitrogens with zero attached hydrogens (tertiary/aromatic N) is 1. The molecule has 0 aliphatic carbocycles. The van der Waals surface area contributed by atoms with Crippen molar-refractivity contribution in [2.45, 2.75) is 25.1 Å². The third-order valence-corrected chi connectivity index (χ3v) is 6.06. The zero-order chi connectivity index (χ0) is 14.6. The highest BCUT2D eigenvalue weighted by Crippen LogP contribution is 2.17. The first-order valence-electron chi connectivity index (χ1n) is 7.21. The van der Waals surface area contributed by atoms with Gasteiger partial charge in [0.2, 0.25) is 0 Å². The highest BCUT2D eigenvalue weighted by Gasteiger charge is 2.23. The van der Waals surface area contributed by atoms with E-state index in [0.29, 0.717) is 12.6 Å². The Hall–Kier alpha value is -0.910. The average Bonchev–Trinajstić information content (AvgIpc) is 2.46. The van der Waals surface area contributed by atoms with E-state index in [4.69, 9.17) is 0 Å². The van der Waals surface area contributed by atoms with E-state index < -0.39 is 9.84 Å². The summed E-state index contributed by atoms with van der Waals surface area (Å²) in [5, 5.41) is 3.21. The molecule has 0 aromatic heterocycles. The highest BCUT2D eigenvalue weighted by atomic mass is 32.2. The van der Waals surface area contributed by atoms with E-state index in [1.807, 2.05) is 18.2 Å². The van der Waals surface area contributed by atoms with Crippen LogP contribution in [-0.4, -0.2) is 50.5 Å². The third kappa shape index (κ3) is 4.04. The Balaban J connectivity index is 1.91. The Kier molecular flexibility index (Phi) is 5.18. The van der Waals surface area contributed by atoms with Crippen LogP contribution in [0, 0.1) is 0 Å². The van der Waals surface area contributed by atoms with Gasteiger partial charge < -0.3 is 5.32 Å². The fourth-order valence-corrected chi connectivity index (χ4v) is 3.40. The number of rotatable bonds is 5. The van der Waals surface area contributed by atoms with Gasteiger partial charge in [0.1, 0.15) is 0 Å². The molecule has 1 N–H and O–H groups in total. The summed E-state index contributed by atoms with van der Waals surface area (Å²) in [5.41, 5.74) is 1.27. The van der Waals surface area contributed by atoms with Gasteiger partial charge in [-0.05, 0) is 19.4 Å². The van der Waals surface area contributed by atoms with Crippen molar-refractivity contribution in [3.63, 3.8) is 0 Å². The lowest BCUT2D eigenvalue weighted by molar-refractivity contribution is 0.211. The summed E-state index contributed by atoms with van der Waals surface area (Å²) in [5.74, 6) is 0.256. The molecule has 1 aliphatic rings. The van der Waals surface area contributed by atoms with E-state index in [2.05, 4.69) is 22.3 Å². The van der Waals surface area contributed by atoms with Gasteiger partial charge in [0.25, 0.3) is 0 Å². The van der Waals surface area contributed by atoms with Gasteiger partial charge in [-0.1, -0.05) is 30.3 Å². The van der Waals surface area contributed by atoms with E-state index in [-0.39, 0.29) is 11.0 Å². The number of hydrogen-bond acceptors (Lipinski definition) is 4. The number of piperazine rings is 1. The number of benzene rings is 1. The van der Waals surface area contributed by atoms with Crippen molar-refractivity contribution < 1.29 is 8.42 Å². The zero-order valence-corrected chi connectivity index (χ0v) is 13.1. The smallest absolute Gasteiger partial charge is 0.153 e. The third-order valence-electron chi connectivity index (χ3n) is 3.87. The second-order valence-electron chi connectivity index (χ2n) is 5.63. The van der Waals surface area contributed by atoms with Crippen molar-refractivity contribution in [3.8, 4) is 0 Å². The zero-order valence-electron chi connectivity index (χ0n) is 12.2. The predicted molar refractivity (Wildman–Crippen MR) is 82.5 cm³/mol. The molecule has 1 saturated heterocycles. The van der Waals surface area contributed by atoms with Crippen LogP contribution in [0.3, 0.4) is 0 Å². The summed E-state index contributed by atoms with van der Waals surface area (Å²) in [6.45, 7) is 6.82. The van der Waals surface area contributed by atoms with E-state index >= 15 is 0 Å². The molecule has 1 aromatic rings. The molecule has 20 heavy (non-hydrogen) atoms. The summed E-state index contributed by atoms with van der Waals surface area (Å²) in [4.78, 5) is 2.24. The normalized spacial score (nSPS) is 21.2. The molecular weight excluding hydrogens is 272 g/mol. The largest absolute Gasteiger partial charge is 0.308 e.